The number of aromatic nitrogens is 5. The Morgan fingerprint density at radius 2 is 2.05 bits per heavy atom. The van der Waals surface area contributed by atoms with Crippen LogP contribution in [-0.2, 0) is 0 Å². The Bertz CT molecular complexity index is 709. The van der Waals surface area contributed by atoms with E-state index in [-0.39, 0.29) is 0 Å². The molecule has 3 rings (SSSR count). The normalized spacial score (nSPS) is 10.6. The second-order valence-electron chi connectivity index (χ2n) is 3.82. The van der Waals surface area contributed by atoms with Crippen LogP contribution in [0.3, 0.4) is 0 Å². The Labute approximate surface area is 113 Å². The van der Waals surface area contributed by atoms with E-state index in [1.54, 1.807) is 24.4 Å². The molecule has 0 aliphatic heterocycles. The van der Waals surface area contributed by atoms with Crippen molar-refractivity contribution in [2.24, 2.45) is 0 Å². The number of nitrogen functional groups attached to an aromatic ring is 1. The summed E-state index contributed by atoms with van der Waals surface area (Å²) >= 11 is 5.93. The fourth-order valence-electron chi connectivity index (χ4n) is 1.60. The highest BCUT2D eigenvalue weighted by molar-refractivity contribution is 6.30. The van der Waals surface area contributed by atoms with Crippen molar-refractivity contribution >= 4 is 17.3 Å². The topological polar surface area (TPSA) is 82.5 Å². The van der Waals surface area contributed by atoms with Gasteiger partial charge in [0.2, 0.25) is 5.82 Å². The lowest BCUT2D eigenvalue weighted by Gasteiger charge is -2.02. The van der Waals surface area contributed by atoms with Gasteiger partial charge >= 0.3 is 0 Å². The molecule has 6 nitrogen and oxygen atoms in total. The van der Waals surface area contributed by atoms with Crippen molar-refractivity contribution in [2.45, 2.75) is 0 Å². The highest BCUT2D eigenvalue weighted by atomic mass is 35.5. The van der Waals surface area contributed by atoms with Crippen molar-refractivity contribution in [3.8, 4) is 17.2 Å². The molecule has 0 fully saturated rings. The predicted octanol–water partition coefficient (Wildman–Crippen LogP) is 1.96. The maximum atomic E-state index is 5.93. The van der Waals surface area contributed by atoms with E-state index >= 15 is 0 Å². The molecule has 0 saturated carbocycles. The molecule has 2 heterocycles. The average Bonchev–Trinajstić information content (AvgIpc) is 2.92. The van der Waals surface area contributed by atoms with Crippen LogP contribution in [0.4, 0.5) is 5.69 Å². The first-order valence-electron chi connectivity index (χ1n) is 5.51. The summed E-state index contributed by atoms with van der Waals surface area (Å²) in [5, 5.41) is 12.7. The molecular formula is C12H9ClN6. The van der Waals surface area contributed by atoms with Gasteiger partial charge in [0.15, 0.2) is 0 Å². The number of hydrogen-bond acceptors (Lipinski definition) is 5. The quantitative estimate of drug-likeness (QED) is 0.721. The third kappa shape index (κ3) is 2.25. The van der Waals surface area contributed by atoms with E-state index in [1.165, 1.54) is 4.80 Å². The Morgan fingerprint density at radius 3 is 2.84 bits per heavy atom. The molecule has 0 saturated heterocycles. The number of halogens is 1. The van der Waals surface area contributed by atoms with Crippen LogP contribution in [0.15, 0.2) is 42.6 Å². The summed E-state index contributed by atoms with van der Waals surface area (Å²) in [7, 11) is 0. The number of hydrogen-bond donors (Lipinski definition) is 1. The van der Waals surface area contributed by atoms with Gasteiger partial charge in [-0.2, -0.15) is 0 Å². The number of rotatable bonds is 2. The smallest absolute Gasteiger partial charge is 0.223 e. The fraction of sp³-hybridized carbons (Fsp3) is 0. The zero-order valence-electron chi connectivity index (χ0n) is 9.73. The lowest BCUT2D eigenvalue weighted by atomic mass is 10.3. The molecule has 0 atom stereocenters. The van der Waals surface area contributed by atoms with Crippen molar-refractivity contribution in [1.29, 1.82) is 0 Å². The standard InChI is InChI=1S/C12H9ClN6/c13-8-4-5-9(14)11(7-8)19-17-12(16-18-19)10-3-1-2-6-15-10/h1-7H,14H2. The first-order valence-corrected chi connectivity index (χ1v) is 5.88. The van der Waals surface area contributed by atoms with Crippen LogP contribution in [0, 0.1) is 0 Å². The third-order valence-corrected chi connectivity index (χ3v) is 2.75. The van der Waals surface area contributed by atoms with Crippen molar-refractivity contribution in [3.63, 3.8) is 0 Å². The minimum Gasteiger partial charge on any atom is -0.397 e. The molecule has 0 amide bonds. The van der Waals surface area contributed by atoms with Crippen LogP contribution in [-0.4, -0.2) is 25.2 Å². The van der Waals surface area contributed by atoms with Crippen molar-refractivity contribution in [1.82, 2.24) is 25.2 Å². The number of nitrogens with zero attached hydrogens (tertiary/aromatic N) is 5. The van der Waals surface area contributed by atoms with Crippen LogP contribution < -0.4 is 5.73 Å². The van der Waals surface area contributed by atoms with Gasteiger partial charge in [-0.15, -0.1) is 15.0 Å². The minimum absolute atomic E-state index is 0.431. The van der Waals surface area contributed by atoms with E-state index in [0.717, 1.165) is 0 Å². The van der Waals surface area contributed by atoms with Crippen LogP contribution in [0.2, 0.25) is 5.02 Å². The van der Waals surface area contributed by atoms with Gasteiger partial charge in [-0.1, -0.05) is 17.7 Å². The SMILES string of the molecule is Nc1ccc(Cl)cc1-n1nnc(-c2ccccn2)n1. The second kappa shape index (κ2) is 4.66. The Morgan fingerprint density at radius 1 is 1.16 bits per heavy atom. The number of benzene rings is 1. The van der Waals surface area contributed by atoms with E-state index in [2.05, 4.69) is 20.4 Å². The molecular weight excluding hydrogens is 264 g/mol. The van der Waals surface area contributed by atoms with Crippen LogP contribution in [0.1, 0.15) is 0 Å². The van der Waals surface area contributed by atoms with Gasteiger partial charge in [0, 0.05) is 11.2 Å². The maximum Gasteiger partial charge on any atom is 0.223 e. The zero-order chi connectivity index (χ0) is 13.2. The van der Waals surface area contributed by atoms with E-state index in [4.69, 9.17) is 17.3 Å². The van der Waals surface area contributed by atoms with Crippen LogP contribution in [0.5, 0.6) is 0 Å². The summed E-state index contributed by atoms with van der Waals surface area (Å²) in [6, 6.07) is 10.6. The summed E-state index contributed by atoms with van der Waals surface area (Å²) in [4.78, 5) is 5.50. The van der Waals surface area contributed by atoms with Crippen molar-refractivity contribution in [2.75, 3.05) is 5.73 Å². The lowest BCUT2D eigenvalue weighted by Crippen LogP contribution is -2.03. The number of anilines is 1. The van der Waals surface area contributed by atoms with Gasteiger partial charge in [-0.3, -0.25) is 4.98 Å². The monoisotopic (exact) mass is 272 g/mol. The van der Waals surface area contributed by atoms with Gasteiger partial charge in [-0.05, 0) is 35.5 Å². The first kappa shape index (κ1) is 11.6. The van der Waals surface area contributed by atoms with E-state index in [9.17, 15) is 0 Å². The average molecular weight is 273 g/mol. The Kier molecular flexibility index (Phi) is 2.85. The lowest BCUT2D eigenvalue weighted by molar-refractivity contribution is 0.722. The molecule has 3 aromatic rings. The number of nitrogens with two attached hydrogens (primary N) is 1. The predicted molar refractivity (Wildman–Crippen MR) is 71.8 cm³/mol. The molecule has 0 bridgehead atoms. The molecule has 0 spiro atoms. The Balaban J connectivity index is 2.04. The Hall–Kier alpha value is -2.47. The summed E-state index contributed by atoms with van der Waals surface area (Å²) < 4.78 is 0. The summed E-state index contributed by atoms with van der Waals surface area (Å²) in [5.74, 6) is 0.431. The largest absolute Gasteiger partial charge is 0.397 e. The van der Waals surface area contributed by atoms with Crippen LogP contribution >= 0.6 is 11.6 Å². The molecule has 1 aromatic carbocycles. The highest BCUT2D eigenvalue weighted by Crippen LogP contribution is 2.21. The summed E-state index contributed by atoms with van der Waals surface area (Å²) in [6.45, 7) is 0. The number of pyridine rings is 1. The molecule has 7 heteroatoms. The van der Waals surface area contributed by atoms with E-state index < -0.39 is 0 Å². The molecule has 0 aliphatic carbocycles. The van der Waals surface area contributed by atoms with Gasteiger partial charge < -0.3 is 5.73 Å². The summed E-state index contributed by atoms with van der Waals surface area (Å²) in [6.07, 6.45) is 1.67. The molecule has 0 unspecified atom stereocenters. The van der Waals surface area contributed by atoms with E-state index in [1.807, 2.05) is 18.2 Å². The molecule has 19 heavy (non-hydrogen) atoms. The molecule has 0 aliphatic rings. The summed E-state index contributed by atoms with van der Waals surface area (Å²) in [5.41, 5.74) is 7.62. The third-order valence-electron chi connectivity index (χ3n) is 2.52. The fourth-order valence-corrected chi connectivity index (χ4v) is 1.77. The minimum atomic E-state index is 0.431. The van der Waals surface area contributed by atoms with Crippen molar-refractivity contribution in [3.05, 3.63) is 47.6 Å². The van der Waals surface area contributed by atoms with Gasteiger partial charge in [0.05, 0.1) is 5.69 Å². The molecule has 2 aromatic heterocycles. The molecule has 0 radical (unpaired) electrons. The van der Waals surface area contributed by atoms with E-state index in [0.29, 0.717) is 27.9 Å². The second-order valence-corrected chi connectivity index (χ2v) is 4.26. The van der Waals surface area contributed by atoms with Gasteiger partial charge in [0.1, 0.15) is 11.4 Å². The zero-order valence-corrected chi connectivity index (χ0v) is 10.5. The maximum absolute atomic E-state index is 5.93. The van der Waals surface area contributed by atoms with Crippen LogP contribution in [0.25, 0.3) is 17.2 Å². The highest BCUT2D eigenvalue weighted by Gasteiger charge is 2.10. The van der Waals surface area contributed by atoms with Gasteiger partial charge in [0.25, 0.3) is 0 Å². The molecule has 94 valence electrons. The van der Waals surface area contributed by atoms with Crippen molar-refractivity contribution < 1.29 is 0 Å². The first-order chi connectivity index (χ1) is 9.24. The molecule has 2 N–H and O–H groups in total. The number of tetrazole rings is 1. The van der Waals surface area contributed by atoms with Gasteiger partial charge in [-0.25, -0.2) is 0 Å².